The molecule has 0 saturated heterocycles. The fourth-order valence-corrected chi connectivity index (χ4v) is 4.00. The fourth-order valence-electron chi connectivity index (χ4n) is 2.74. The number of hydrogen-bond donors (Lipinski definition) is 1. The maximum atomic E-state index is 13.4. The van der Waals surface area contributed by atoms with E-state index in [1.807, 2.05) is 18.2 Å². The fraction of sp³-hybridized carbons (Fsp3) is 0.158. The minimum Gasteiger partial charge on any atom is -0.375 e. The Morgan fingerprint density at radius 3 is 2.52 bits per heavy atom. The van der Waals surface area contributed by atoms with E-state index in [0.717, 1.165) is 5.39 Å². The van der Waals surface area contributed by atoms with Crippen molar-refractivity contribution in [2.45, 2.75) is 11.0 Å². The lowest BCUT2D eigenvalue weighted by atomic mass is 10.1. The summed E-state index contributed by atoms with van der Waals surface area (Å²) < 4.78 is 46.7. The van der Waals surface area contributed by atoms with Crippen LogP contribution in [0.15, 0.2) is 71.6 Å². The predicted molar refractivity (Wildman–Crippen MR) is 95.3 cm³/mol. The van der Waals surface area contributed by atoms with Crippen LogP contribution in [0, 0.1) is 5.82 Å². The van der Waals surface area contributed by atoms with Crippen molar-refractivity contribution < 1.29 is 17.5 Å². The second kappa shape index (κ2) is 7.31. The van der Waals surface area contributed by atoms with Crippen LogP contribution in [0.4, 0.5) is 4.39 Å². The largest absolute Gasteiger partial charge is 0.375 e. The van der Waals surface area contributed by atoms with E-state index in [2.05, 4.69) is 4.72 Å². The van der Waals surface area contributed by atoms with Crippen molar-refractivity contribution in [3.63, 3.8) is 0 Å². The Balaban J connectivity index is 1.86. The molecule has 3 aromatic rings. The summed E-state index contributed by atoms with van der Waals surface area (Å²) in [5.41, 5.74) is 0.572. The first-order chi connectivity index (χ1) is 12.0. The predicted octanol–water partition coefficient (Wildman–Crippen LogP) is 3.64. The van der Waals surface area contributed by atoms with Crippen LogP contribution in [0.1, 0.15) is 11.7 Å². The molecule has 4 nitrogen and oxygen atoms in total. The van der Waals surface area contributed by atoms with Crippen molar-refractivity contribution in [2.24, 2.45) is 0 Å². The van der Waals surface area contributed by atoms with Crippen molar-refractivity contribution in [2.75, 3.05) is 13.7 Å². The molecule has 25 heavy (non-hydrogen) atoms. The molecule has 0 radical (unpaired) electrons. The lowest BCUT2D eigenvalue weighted by Crippen LogP contribution is -2.29. The maximum absolute atomic E-state index is 13.4. The number of ether oxygens (including phenoxy) is 1. The molecule has 0 aliphatic carbocycles. The van der Waals surface area contributed by atoms with Gasteiger partial charge in [0.1, 0.15) is 5.82 Å². The number of benzene rings is 3. The smallest absolute Gasteiger partial charge is 0.241 e. The summed E-state index contributed by atoms with van der Waals surface area (Å²) in [6, 6.07) is 18.3. The van der Waals surface area contributed by atoms with Gasteiger partial charge in [0.05, 0.1) is 11.0 Å². The zero-order valence-corrected chi connectivity index (χ0v) is 14.5. The van der Waals surface area contributed by atoms with Gasteiger partial charge >= 0.3 is 0 Å². The van der Waals surface area contributed by atoms with E-state index in [1.54, 1.807) is 36.4 Å². The molecule has 1 N–H and O–H groups in total. The Hall–Kier alpha value is -2.28. The van der Waals surface area contributed by atoms with Gasteiger partial charge in [0.15, 0.2) is 0 Å². The van der Waals surface area contributed by atoms with E-state index in [9.17, 15) is 12.8 Å². The summed E-state index contributed by atoms with van der Waals surface area (Å²) in [7, 11) is -2.27. The minimum atomic E-state index is -3.73. The van der Waals surface area contributed by atoms with Crippen LogP contribution in [-0.2, 0) is 14.8 Å². The zero-order chi connectivity index (χ0) is 17.9. The second-order valence-electron chi connectivity index (χ2n) is 5.61. The average molecular weight is 359 g/mol. The SMILES string of the molecule is CO[C@H](CNS(=O)(=O)c1cccc2ccccc12)c1cccc(F)c1. The van der Waals surface area contributed by atoms with E-state index < -0.39 is 21.9 Å². The molecule has 3 rings (SSSR count). The third kappa shape index (κ3) is 3.87. The summed E-state index contributed by atoms with van der Waals surface area (Å²) in [5, 5.41) is 1.50. The molecule has 0 saturated carbocycles. The van der Waals surface area contributed by atoms with Crippen LogP contribution >= 0.6 is 0 Å². The summed E-state index contributed by atoms with van der Waals surface area (Å²) in [4.78, 5) is 0.208. The van der Waals surface area contributed by atoms with Gasteiger partial charge in [0.2, 0.25) is 10.0 Å². The first-order valence-corrected chi connectivity index (χ1v) is 9.25. The van der Waals surface area contributed by atoms with Gasteiger partial charge in [-0.3, -0.25) is 0 Å². The number of methoxy groups -OCH3 is 1. The molecule has 0 heterocycles. The molecule has 0 amide bonds. The molecule has 6 heteroatoms. The van der Waals surface area contributed by atoms with Gasteiger partial charge in [-0.05, 0) is 29.1 Å². The standard InChI is InChI=1S/C19H18FNO3S/c1-24-18(15-8-4-9-16(20)12-15)13-21-25(22,23)19-11-5-7-14-6-2-3-10-17(14)19/h2-12,18,21H,13H2,1H3/t18-/m1/s1. The van der Waals surface area contributed by atoms with E-state index >= 15 is 0 Å². The highest BCUT2D eigenvalue weighted by atomic mass is 32.2. The van der Waals surface area contributed by atoms with Crippen molar-refractivity contribution >= 4 is 20.8 Å². The van der Waals surface area contributed by atoms with Crippen molar-refractivity contribution in [1.29, 1.82) is 0 Å². The molecule has 0 bridgehead atoms. The van der Waals surface area contributed by atoms with E-state index in [4.69, 9.17) is 4.74 Å². The molecule has 0 unspecified atom stereocenters. The maximum Gasteiger partial charge on any atom is 0.241 e. The molecule has 0 aliphatic rings. The molecule has 0 aromatic heterocycles. The lowest BCUT2D eigenvalue weighted by molar-refractivity contribution is 0.107. The Morgan fingerprint density at radius 2 is 1.76 bits per heavy atom. The van der Waals surface area contributed by atoms with Gasteiger partial charge in [-0.1, -0.05) is 48.5 Å². The molecule has 0 aliphatic heterocycles. The van der Waals surface area contributed by atoms with Crippen molar-refractivity contribution in [3.8, 4) is 0 Å². The Kier molecular flexibility index (Phi) is 5.13. The molecular weight excluding hydrogens is 341 g/mol. The summed E-state index contributed by atoms with van der Waals surface area (Å²) in [6.07, 6.45) is -0.583. The first kappa shape index (κ1) is 17.5. The molecule has 130 valence electrons. The third-order valence-corrected chi connectivity index (χ3v) is 5.48. The summed E-state index contributed by atoms with van der Waals surface area (Å²) in [6.45, 7) is 0.00546. The van der Waals surface area contributed by atoms with Crippen LogP contribution in [0.2, 0.25) is 0 Å². The normalized spacial score (nSPS) is 13.0. The van der Waals surface area contributed by atoms with Crippen LogP contribution in [-0.4, -0.2) is 22.1 Å². The van der Waals surface area contributed by atoms with Crippen LogP contribution in [0.25, 0.3) is 10.8 Å². The number of fused-ring (bicyclic) bond motifs is 1. The number of halogens is 1. The van der Waals surface area contributed by atoms with Gasteiger partial charge in [-0.2, -0.15) is 0 Å². The third-order valence-electron chi connectivity index (χ3n) is 4.00. The summed E-state index contributed by atoms with van der Waals surface area (Å²) in [5.74, 6) is -0.392. The second-order valence-corrected chi connectivity index (χ2v) is 7.34. The van der Waals surface area contributed by atoms with E-state index in [0.29, 0.717) is 10.9 Å². The molecular formula is C19H18FNO3S. The number of nitrogens with one attached hydrogen (secondary N) is 1. The highest BCUT2D eigenvalue weighted by molar-refractivity contribution is 7.89. The molecule has 0 spiro atoms. The van der Waals surface area contributed by atoms with Gasteiger partial charge in [0.25, 0.3) is 0 Å². The van der Waals surface area contributed by atoms with Crippen molar-refractivity contribution in [1.82, 2.24) is 4.72 Å². The van der Waals surface area contributed by atoms with Gasteiger partial charge < -0.3 is 4.74 Å². The number of rotatable bonds is 6. The summed E-state index contributed by atoms with van der Waals surface area (Å²) >= 11 is 0. The molecule has 0 fully saturated rings. The number of sulfonamides is 1. The van der Waals surface area contributed by atoms with Crippen LogP contribution < -0.4 is 4.72 Å². The zero-order valence-electron chi connectivity index (χ0n) is 13.6. The lowest BCUT2D eigenvalue weighted by Gasteiger charge is -2.17. The van der Waals surface area contributed by atoms with Gasteiger partial charge in [0, 0.05) is 19.0 Å². The van der Waals surface area contributed by atoms with Crippen molar-refractivity contribution in [3.05, 3.63) is 78.1 Å². The Morgan fingerprint density at radius 1 is 1.04 bits per heavy atom. The molecule has 1 atom stereocenters. The minimum absolute atomic E-state index is 0.00546. The van der Waals surface area contributed by atoms with E-state index in [1.165, 1.54) is 19.2 Å². The monoisotopic (exact) mass is 359 g/mol. The quantitative estimate of drug-likeness (QED) is 0.731. The van der Waals surface area contributed by atoms with Gasteiger partial charge in [-0.25, -0.2) is 17.5 Å². The van der Waals surface area contributed by atoms with Crippen LogP contribution in [0.5, 0.6) is 0 Å². The highest BCUT2D eigenvalue weighted by Crippen LogP contribution is 2.23. The van der Waals surface area contributed by atoms with Crippen LogP contribution in [0.3, 0.4) is 0 Å². The van der Waals surface area contributed by atoms with Gasteiger partial charge in [-0.15, -0.1) is 0 Å². The molecule has 3 aromatic carbocycles. The Labute approximate surface area is 146 Å². The highest BCUT2D eigenvalue weighted by Gasteiger charge is 2.20. The topological polar surface area (TPSA) is 55.4 Å². The average Bonchev–Trinajstić information content (AvgIpc) is 2.62. The first-order valence-electron chi connectivity index (χ1n) is 7.77. The Bertz CT molecular complexity index is 983. The van der Waals surface area contributed by atoms with E-state index in [-0.39, 0.29) is 11.4 Å². The number of hydrogen-bond acceptors (Lipinski definition) is 3.